The van der Waals surface area contributed by atoms with E-state index >= 15 is 0 Å². The van der Waals surface area contributed by atoms with Crippen LogP contribution in [-0.4, -0.2) is 22.6 Å². The first-order chi connectivity index (χ1) is 11.5. The number of thioether (sulfide) groups is 1. The number of ketones is 2. The van der Waals surface area contributed by atoms with Gasteiger partial charge < -0.3 is 0 Å². The molecule has 24 heavy (non-hydrogen) atoms. The second kappa shape index (κ2) is 4.99. The van der Waals surface area contributed by atoms with E-state index in [4.69, 9.17) is 0 Å². The minimum atomic E-state index is 0.249. The van der Waals surface area contributed by atoms with E-state index in [0.717, 1.165) is 37.0 Å². The van der Waals surface area contributed by atoms with Crippen molar-refractivity contribution in [3.63, 3.8) is 0 Å². The molecular weight excluding hydrogens is 316 g/mol. The highest BCUT2D eigenvalue weighted by Gasteiger charge is 2.64. The van der Waals surface area contributed by atoms with Gasteiger partial charge in [-0.05, 0) is 80.3 Å². The minimum Gasteiger partial charge on any atom is -0.300 e. The van der Waals surface area contributed by atoms with Gasteiger partial charge in [-0.1, -0.05) is 6.92 Å². The van der Waals surface area contributed by atoms with Crippen LogP contribution >= 0.6 is 11.8 Å². The van der Waals surface area contributed by atoms with Crippen molar-refractivity contribution in [3.05, 3.63) is 11.6 Å². The predicted molar refractivity (Wildman–Crippen MR) is 96.8 cm³/mol. The second-order valence-electron chi connectivity index (χ2n) is 9.42. The Morgan fingerprint density at radius 3 is 2.83 bits per heavy atom. The zero-order valence-electron chi connectivity index (χ0n) is 14.8. The largest absolute Gasteiger partial charge is 0.300 e. The fourth-order valence-electron chi connectivity index (χ4n) is 7.71. The normalized spacial score (nSPS) is 52.3. The molecular formula is C21H28O2S. The Kier molecular flexibility index (Phi) is 3.26. The van der Waals surface area contributed by atoms with Crippen LogP contribution in [0.3, 0.4) is 0 Å². The van der Waals surface area contributed by atoms with E-state index in [1.165, 1.54) is 37.0 Å². The molecule has 3 unspecified atom stereocenters. The van der Waals surface area contributed by atoms with Gasteiger partial charge in [0, 0.05) is 28.8 Å². The first kappa shape index (κ1) is 15.7. The molecule has 0 N–H and O–H groups in total. The number of hydrogen-bond acceptors (Lipinski definition) is 3. The third-order valence-corrected chi connectivity index (χ3v) is 10.3. The average molecular weight is 345 g/mol. The molecule has 3 heteroatoms. The molecule has 5 rings (SSSR count). The fraction of sp³-hybridized carbons (Fsp3) is 0.810. The Bertz CT molecular complexity index is 652. The van der Waals surface area contributed by atoms with Crippen molar-refractivity contribution in [1.29, 1.82) is 0 Å². The number of Topliss-reactive ketones (excluding diaryl/α,β-unsaturated/α-hetero) is 1. The van der Waals surface area contributed by atoms with Gasteiger partial charge in [0.2, 0.25) is 0 Å². The average Bonchev–Trinajstić information content (AvgIpc) is 3.02. The molecule has 130 valence electrons. The molecule has 2 bridgehead atoms. The molecule has 0 aromatic heterocycles. The summed E-state index contributed by atoms with van der Waals surface area (Å²) < 4.78 is 0. The number of carbonyl (C=O) groups is 2. The summed E-state index contributed by atoms with van der Waals surface area (Å²) in [5, 5.41) is 0.592. The summed E-state index contributed by atoms with van der Waals surface area (Å²) in [6, 6.07) is 0. The quantitative estimate of drug-likeness (QED) is 0.706. The van der Waals surface area contributed by atoms with Crippen molar-refractivity contribution in [2.24, 2.45) is 34.5 Å². The summed E-state index contributed by atoms with van der Waals surface area (Å²) in [5.41, 5.74) is 2.11. The topological polar surface area (TPSA) is 34.1 Å². The molecule has 0 radical (unpaired) electrons. The Balaban J connectivity index is 1.54. The number of fused-ring (bicyclic) bond motifs is 3. The van der Waals surface area contributed by atoms with Gasteiger partial charge in [-0.15, -0.1) is 0 Å². The lowest BCUT2D eigenvalue weighted by Gasteiger charge is -2.57. The zero-order valence-corrected chi connectivity index (χ0v) is 15.7. The van der Waals surface area contributed by atoms with Gasteiger partial charge in [-0.2, -0.15) is 11.8 Å². The van der Waals surface area contributed by atoms with Crippen LogP contribution < -0.4 is 0 Å². The SMILES string of the molecule is CC(=O)[C@H]1CCC2C3C[C@H]4SC[C@@]5(CCC(=O)C=C45)C3CC[C@@]21C. The van der Waals surface area contributed by atoms with Gasteiger partial charge in [0.1, 0.15) is 5.78 Å². The lowest BCUT2D eigenvalue weighted by atomic mass is 9.46. The Hall–Kier alpha value is -0.570. The van der Waals surface area contributed by atoms with Crippen LogP contribution in [0.15, 0.2) is 11.6 Å². The number of carbonyl (C=O) groups excluding carboxylic acids is 2. The molecule has 1 saturated heterocycles. The Labute approximate surface area is 149 Å². The summed E-state index contributed by atoms with van der Waals surface area (Å²) in [7, 11) is 0. The lowest BCUT2D eigenvalue weighted by Crippen LogP contribution is -2.52. The molecule has 0 aromatic carbocycles. The van der Waals surface area contributed by atoms with Crippen molar-refractivity contribution in [1.82, 2.24) is 0 Å². The van der Waals surface area contributed by atoms with Gasteiger partial charge in [0.05, 0.1) is 0 Å². The molecule has 4 aliphatic carbocycles. The van der Waals surface area contributed by atoms with Gasteiger partial charge in [-0.25, -0.2) is 0 Å². The summed E-state index contributed by atoms with van der Waals surface area (Å²) >= 11 is 2.13. The molecule has 1 aliphatic heterocycles. The first-order valence-corrected chi connectivity index (χ1v) is 10.9. The van der Waals surface area contributed by atoms with Gasteiger partial charge in [0.25, 0.3) is 0 Å². The fourth-order valence-corrected chi connectivity index (χ4v) is 9.57. The van der Waals surface area contributed by atoms with E-state index in [0.29, 0.717) is 28.1 Å². The molecule has 5 aliphatic rings. The molecule has 0 amide bonds. The van der Waals surface area contributed by atoms with E-state index < -0.39 is 0 Å². The van der Waals surface area contributed by atoms with Gasteiger partial charge >= 0.3 is 0 Å². The molecule has 4 fully saturated rings. The third kappa shape index (κ3) is 1.80. The van der Waals surface area contributed by atoms with Gasteiger partial charge in [-0.3, -0.25) is 9.59 Å². The maximum Gasteiger partial charge on any atom is 0.155 e. The third-order valence-electron chi connectivity index (χ3n) is 8.72. The van der Waals surface area contributed by atoms with E-state index in [1.54, 1.807) is 0 Å². The highest BCUT2D eigenvalue weighted by Crippen LogP contribution is 2.70. The van der Waals surface area contributed by atoms with E-state index in [2.05, 4.69) is 18.7 Å². The molecule has 0 spiro atoms. The smallest absolute Gasteiger partial charge is 0.155 e. The standard InChI is InChI=1S/C21H28O2S/c1-12(22)15-3-4-16-14-10-19-18-9-13(23)5-8-21(18,11-24-19)17(14)6-7-20(15,16)2/h9,14-17,19H,3-8,10-11H2,1-2H3/t14?,15-,16?,17?,19-,20-,21+/m1/s1. The molecule has 1 heterocycles. The minimum absolute atomic E-state index is 0.249. The Morgan fingerprint density at radius 1 is 1.21 bits per heavy atom. The van der Waals surface area contributed by atoms with Crippen molar-refractivity contribution in [2.45, 2.75) is 64.0 Å². The number of hydrogen-bond donors (Lipinski definition) is 0. The van der Waals surface area contributed by atoms with Crippen molar-refractivity contribution in [2.75, 3.05) is 5.75 Å². The van der Waals surface area contributed by atoms with Crippen molar-refractivity contribution >= 4 is 23.3 Å². The van der Waals surface area contributed by atoms with Crippen LogP contribution in [0.2, 0.25) is 0 Å². The monoisotopic (exact) mass is 344 g/mol. The Morgan fingerprint density at radius 2 is 2.04 bits per heavy atom. The lowest BCUT2D eigenvalue weighted by molar-refractivity contribution is -0.128. The first-order valence-electron chi connectivity index (χ1n) is 9.83. The van der Waals surface area contributed by atoms with Gasteiger partial charge in [0.15, 0.2) is 5.78 Å². The van der Waals surface area contributed by atoms with Crippen LogP contribution in [0.5, 0.6) is 0 Å². The summed E-state index contributed by atoms with van der Waals surface area (Å²) in [5.74, 6) is 4.64. The predicted octanol–water partition coefficient (Wildman–Crippen LogP) is 4.43. The second-order valence-corrected chi connectivity index (χ2v) is 10.6. The summed E-state index contributed by atoms with van der Waals surface area (Å²) in [4.78, 5) is 24.2. The maximum absolute atomic E-state index is 12.2. The summed E-state index contributed by atoms with van der Waals surface area (Å²) in [6.07, 6.45) is 10.0. The summed E-state index contributed by atoms with van der Waals surface area (Å²) in [6.45, 7) is 4.24. The van der Waals surface area contributed by atoms with Crippen LogP contribution in [-0.2, 0) is 9.59 Å². The molecule has 3 saturated carbocycles. The van der Waals surface area contributed by atoms with Crippen LogP contribution in [0.25, 0.3) is 0 Å². The highest BCUT2D eigenvalue weighted by molar-refractivity contribution is 8.00. The highest BCUT2D eigenvalue weighted by atomic mass is 32.2. The zero-order chi connectivity index (χ0) is 16.7. The van der Waals surface area contributed by atoms with Crippen molar-refractivity contribution in [3.8, 4) is 0 Å². The van der Waals surface area contributed by atoms with Crippen molar-refractivity contribution < 1.29 is 9.59 Å². The van der Waals surface area contributed by atoms with Crippen LogP contribution in [0.4, 0.5) is 0 Å². The van der Waals surface area contributed by atoms with Crippen LogP contribution in [0.1, 0.15) is 58.8 Å². The number of rotatable bonds is 1. The van der Waals surface area contributed by atoms with Crippen LogP contribution in [0, 0.1) is 34.5 Å². The van der Waals surface area contributed by atoms with E-state index in [1.807, 2.05) is 13.0 Å². The molecule has 2 nitrogen and oxygen atoms in total. The molecule has 0 aromatic rings. The van der Waals surface area contributed by atoms with E-state index in [-0.39, 0.29) is 5.41 Å². The van der Waals surface area contributed by atoms with E-state index in [9.17, 15) is 9.59 Å². The maximum atomic E-state index is 12.2. The molecule has 7 atom stereocenters.